The van der Waals surface area contributed by atoms with Crippen LogP contribution in [0.4, 0.5) is 11.6 Å². The number of hydrogen-bond donors (Lipinski definition) is 3. The number of aryl methyl sites for hydroxylation is 3. The number of guanidine groups is 1. The minimum absolute atomic E-state index is 0.334. The maximum Gasteiger partial charge on any atom is 0.229 e. The molecule has 0 fully saturated rings. The second-order valence-electron chi connectivity index (χ2n) is 7.17. The summed E-state index contributed by atoms with van der Waals surface area (Å²) in [4.78, 5) is 13.5. The van der Waals surface area contributed by atoms with Crippen LogP contribution in [0.5, 0.6) is 5.75 Å². The summed E-state index contributed by atoms with van der Waals surface area (Å²) in [6, 6.07) is 15.3. The maximum absolute atomic E-state index is 6.31. The fourth-order valence-corrected chi connectivity index (χ4v) is 3.37. The Labute approximate surface area is 198 Å². The van der Waals surface area contributed by atoms with E-state index >= 15 is 0 Å². The monoisotopic (exact) mass is 468 g/mol. The Hall–Kier alpha value is -3.23. The molecule has 0 aliphatic heterocycles. The van der Waals surface area contributed by atoms with Crippen molar-refractivity contribution in [1.29, 1.82) is 0 Å². The number of methoxy groups -OCH3 is 1. The van der Waals surface area contributed by atoms with Gasteiger partial charge in [0.15, 0.2) is 5.11 Å². The number of benzene rings is 2. The minimum Gasteiger partial charge on any atom is -0.497 e. The van der Waals surface area contributed by atoms with Crippen LogP contribution in [0.2, 0.25) is 5.02 Å². The van der Waals surface area contributed by atoms with Crippen LogP contribution >= 0.6 is 23.8 Å². The van der Waals surface area contributed by atoms with Gasteiger partial charge in [0.1, 0.15) is 5.75 Å². The first-order valence-corrected chi connectivity index (χ1v) is 10.7. The van der Waals surface area contributed by atoms with Gasteiger partial charge in [-0.1, -0.05) is 29.8 Å². The molecule has 3 aromatic rings. The van der Waals surface area contributed by atoms with Crippen molar-refractivity contribution < 1.29 is 4.74 Å². The molecule has 7 nitrogen and oxygen atoms in total. The van der Waals surface area contributed by atoms with E-state index in [9.17, 15) is 0 Å². The lowest BCUT2D eigenvalue weighted by atomic mass is 10.2. The van der Waals surface area contributed by atoms with Crippen LogP contribution in [0.15, 0.2) is 53.5 Å². The van der Waals surface area contributed by atoms with Crippen molar-refractivity contribution in [1.82, 2.24) is 15.3 Å². The van der Waals surface area contributed by atoms with Gasteiger partial charge in [0.2, 0.25) is 11.9 Å². The minimum atomic E-state index is 0.334. The number of nitrogens with zero attached hydrogens (tertiary/aromatic N) is 3. The third-order valence-corrected chi connectivity index (χ3v) is 4.91. The molecular formula is C23H25ClN6OS. The number of halogens is 1. The molecule has 0 saturated carbocycles. The van der Waals surface area contributed by atoms with E-state index in [1.807, 2.05) is 69.3 Å². The standard InChI is InChI=1S/C23H25ClN6OS/c1-14-5-10-20(19(24)11-14)28-23(32)30-21(29-22-26-15(2)12-16(3)27-22)25-13-17-6-8-18(31-4)9-7-17/h5-12H,13H2,1-4H3,(H3,25,26,27,28,29,30,32). The lowest BCUT2D eigenvalue weighted by Crippen LogP contribution is -2.39. The molecule has 32 heavy (non-hydrogen) atoms. The third-order valence-electron chi connectivity index (χ3n) is 4.40. The van der Waals surface area contributed by atoms with Crippen molar-refractivity contribution in [2.24, 2.45) is 4.99 Å². The van der Waals surface area contributed by atoms with Crippen LogP contribution in [0.25, 0.3) is 0 Å². The molecule has 0 aliphatic rings. The van der Waals surface area contributed by atoms with Crippen molar-refractivity contribution in [3.63, 3.8) is 0 Å². The molecule has 1 aromatic heterocycles. The van der Waals surface area contributed by atoms with Crippen LogP contribution in [0.3, 0.4) is 0 Å². The fourth-order valence-electron chi connectivity index (χ4n) is 2.88. The molecule has 3 rings (SSSR count). The first-order valence-electron chi connectivity index (χ1n) is 9.93. The van der Waals surface area contributed by atoms with E-state index in [0.29, 0.717) is 34.3 Å². The number of anilines is 2. The first-order chi connectivity index (χ1) is 15.3. The van der Waals surface area contributed by atoms with Gasteiger partial charge in [0.05, 0.1) is 24.4 Å². The van der Waals surface area contributed by atoms with Crippen LogP contribution in [0, 0.1) is 20.8 Å². The van der Waals surface area contributed by atoms with E-state index in [0.717, 1.165) is 28.3 Å². The second-order valence-corrected chi connectivity index (χ2v) is 7.99. The van der Waals surface area contributed by atoms with Gasteiger partial charge in [-0.25, -0.2) is 15.0 Å². The summed E-state index contributed by atoms with van der Waals surface area (Å²) >= 11 is 11.8. The lowest BCUT2D eigenvalue weighted by Gasteiger charge is -2.15. The van der Waals surface area contributed by atoms with Gasteiger partial charge in [-0.05, 0) is 74.4 Å². The summed E-state index contributed by atoms with van der Waals surface area (Å²) in [6.45, 7) is 6.21. The zero-order valence-electron chi connectivity index (χ0n) is 18.4. The van der Waals surface area contributed by atoms with Crippen molar-refractivity contribution in [3.8, 4) is 5.75 Å². The SMILES string of the molecule is COc1ccc(CN=C(NC(=S)Nc2ccc(C)cc2Cl)Nc2nc(C)cc(C)n2)cc1. The fraction of sp³-hybridized carbons (Fsp3) is 0.217. The highest BCUT2D eigenvalue weighted by molar-refractivity contribution is 7.80. The highest BCUT2D eigenvalue weighted by Crippen LogP contribution is 2.22. The normalized spacial score (nSPS) is 11.1. The lowest BCUT2D eigenvalue weighted by molar-refractivity contribution is 0.414. The number of aliphatic imine (C=N–C) groups is 1. The Bertz CT molecular complexity index is 1110. The summed E-state index contributed by atoms with van der Waals surface area (Å²) < 4.78 is 5.21. The first kappa shape index (κ1) is 23.4. The molecule has 0 spiro atoms. The average Bonchev–Trinajstić information content (AvgIpc) is 2.73. The molecule has 0 saturated heterocycles. The van der Waals surface area contributed by atoms with Gasteiger partial charge in [0, 0.05) is 11.4 Å². The van der Waals surface area contributed by atoms with Crippen molar-refractivity contribution >= 4 is 46.5 Å². The Morgan fingerprint density at radius 2 is 1.69 bits per heavy atom. The second kappa shape index (κ2) is 10.9. The van der Waals surface area contributed by atoms with Gasteiger partial charge in [-0.15, -0.1) is 0 Å². The van der Waals surface area contributed by atoms with Gasteiger partial charge in [-0.3, -0.25) is 5.32 Å². The molecule has 3 N–H and O–H groups in total. The molecule has 166 valence electrons. The van der Waals surface area contributed by atoms with Gasteiger partial charge in [0.25, 0.3) is 0 Å². The Balaban J connectivity index is 1.78. The molecule has 0 radical (unpaired) electrons. The smallest absolute Gasteiger partial charge is 0.229 e. The molecule has 0 bridgehead atoms. The number of nitrogens with one attached hydrogen (secondary N) is 3. The maximum atomic E-state index is 6.31. The third kappa shape index (κ3) is 6.90. The highest BCUT2D eigenvalue weighted by Gasteiger charge is 2.09. The Kier molecular flexibility index (Phi) is 7.97. The summed E-state index contributed by atoms with van der Waals surface area (Å²) in [5.74, 6) is 1.63. The molecule has 0 atom stereocenters. The molecule has 1 heterocycles. The predicted octanol–water partition coefficient (Wildman–Crippen LogP) is 5.02. The quantitative estimate of drug-likeness (QED) is 0.275. The van der Waals surface area contributed by atoms with E-state index in [4.69, 9.17) is 28.6 Å². The van der Waals surface area contributed by atoms with Crippen LogP contribution in [-0.4, -0.2) is 28.1 Å². The van der Waals surface area contributed by atoms with Crippen molar-refractivity contribution in [2.45, 2.75) is 27.3 Å². The van der Waals surface area contributed by atoms with E-state index in [1.54, 1.807) is 7.11 Å². The van der Waals surface area contributed by atoms with E-state index in [1.165, 1.54) is 0 Å². The summed E-state index contributed by atoms with van der Waals surface area (Å²) in [7, 11) is 1.64. The number of hydrogen-bond acceptors (Lipinski definition) is 5. The molecule has 0 amide bonds. The summed E-state index contributed by atoms with van der Waals surface area (Å²) in [5, 5.41) is 10.2. The van der Waals surface area contributed by atoms with E-state index < -0.39 is 0 Å². The van der Waals surface area contributed by atoms with Crippen molar-refractivity contribution in [3.05, 3.63) is 76.1 Å². The molecule has 9 heteroatoms. The van der Waals surface area contributed by atoms with Gasteiger partial charge >= 0.3 is 0 Å². The van der Waals surface area contributed by atoms with Crippen LogP contribution < -0.4 is 20.7 Å². The van der Waals surface area contributed by atoms with Gasteiger partial charge in [-0.2, -0.15) is 0 Å². The highest BCUT2D eigenvalue weighted by atomic mass is 35.5. The average molecular weight is 469 g/mol. The number of ether oxygens (including phenoxy) is 1. The number of thiocarbonyl (C=S) groups is 1. The number of rotatable bonds is 5. The molecule has 0 aliphatic carbocycles. The van der Waals surface area contributed by atoms with Gasteiger partial charge < -0.3 is 15.4 Å². The largest absolute Gasteiger partial charge is 0.497 e. The zero-order chi connectivity index (χ0) is 23.1. The Morgan fingerprint density at radius 1 is 1.00 bits per heavy atom. The molecule has 0 unspecified atom stereocenters. The van der Waals surface area contributed by atoms with E-state index in [-0.39, 0.29) is 0 Å². The predicted molar refractivity (Wildman–Crippen MR) is 135 cm³/mol. The van der Waals surface area contributed by atoms with Crippen LogP contribution in [0.1, 0.15) is 22.5 Å². The molecular weight excluding hydrogens is 444 g/mol. The van der Waals surface area contributed by atoms with Crippen molar-refractivity contribution in [2.75, 3.05) is 17.7 Å². The zero-order valence-corrected chi connectivity index (χ0v) is 19.9. The number of aromatic nitrogens is 2. The Morgan fingerprint density at radius 3 is 2.31 bits per heavy atom. The summed E-state index contributed by atoms with van der Waals surface area (Å²) in [5.41, 5.74) is 4.47. The van der Waals surface area contributed by atoms with E-state index in [2.05, 4.69) is 30.9 Å². The van der Waals surface area contributed by atoms with Crippen LogP contribution in [-0.2, 0) is 6.54 Å². The molecule has 2 aromatic carbocycles. The topological polar surface area (TPSA) is 83.5 Å². The summed E-state index contributed by atoms with van der Waals surface area (Å²) in [6.07, 6.45) is 0.